The Balaban J connectivity index is 2.02. The lowest BCUT2D eigenvalue weighted by atomic mass is 9.98. The molecule has 1 aromatic rings. The summed E-state index contributed by atoms with van der Waals surface area (Å²) in [7, 11) is 0. The molecular weight excluding hydrogens is 226 g/mol. The molecule has 1 heterocycles. The molecule has 0 spiro atoms. The molecule has 0 aromatic carbocycles. The molecule has 0 amide bonds. The lowest BCUT2D eigenvalue weighted by Crippen LogP contribution is -2.21. The van der Waals surface area contributed by atoms with Gasteiger partial charge in [0.05, 0.1) is 5.56 Å². The molecule has 0 atom stereocenters. The van der Waals surface area contributed by atoms with E-state index in [1.807, 2.05) is 6.92 Å². The quantitative estimate of drug-likeness (QED) is 0.869. The van der Waals surface area contributed by atoms with Crippen LogP contribution in [0.15, 0.2) is 6.33 Å². The number of nitrogens with one attached hydrogen (secondary N) is 1. The van der Waals surface area contributed by atoms with Crippen LogP contribution >= 0.6 is 0 Å². The molecule has 18 heavy (non-hydrogen) atoms. The average Bonchev–Trinajstić information content (AvgIpc) is 2.41. The molecule has 1 saturated carbocycles. The van der Waals surface area contributed by atoms with Crippen LogP contribution in [0, 0.1) is 6.92 Å². The molecule has 1 aromatic heterocycles. The third kappa shape index (κ3) is 3.34. The van der Waals surface area contributed by atoms with Crippen molar-refractivity contribution in [2.24, 2.45) is 0 Å². The second-order valence-corrected chi connectivity index (χ2v) is 4.96. The van der Waals surface area contributed by atoms with Crippen LogP contribution in [-0.2, 0) is 0 Å². The van der Waals surface area contributed by atoms with Crippen molar-refractivity contribution in [2.45, 2.75) is 58.5 Å². The predicted molar refractivity (Wildman–Crippen MR) is 73.1 cm³/mol. The van der Waals surface area contributed by atoms with Gasteiger partial charge in [0.1, 0.15) is 18.2 Å². The van der Waals surface area contributed by atoms with E-state index in [0.717, 1.165) is 43.1 Å². The van der Waals surface area contributed by atoms with E-state index >= 15 is 0 Å². The highest BCUT2D eigenvalue weighted by molar-refractivity contribution is 5.47. The van der Waals surface area contributed by atoms with Crippen molar-refractivity contribution < 1.29 is 4.74 Å². The minimum Gasteiger partial charge on any atom is -0.474 e. The first-order valence-corrected chi connectivity index (χ1v) is 7.03. The average molecular weight is 249 g/mol. The number of hydrogen-bond donors (Lipinski definition) is 1. The normalized spacial score (nSPS) is 16.6. The second kappa shape index (κ2) is 6.57. The molecule has 0 bridgehead atoms. The Kier molecular flexibility index (Phi) is 4.79. The molecule has 100 valence electrons. The van der Waals surface area contributed by atoms with Crippen LogP contribution in [0.25, 0.3) is 0 Å². The molecule has 1 aliphatic carbocycles. The molecule has 1 N–H and O–H groups in total. The maximum atomic E-state index is 6.02. The molecular formula is C14H23N3O. The Bertz CT molecular complexity index is 375. The van der Waals surface area contributed by atoms with Crippen molar-refractivity contribution in [3.63, 3.8) is 0 Å². The Hall–Kier alpha value is -1.32. The zero-order chi connectivity index (χ0) is 12.8. The Morgan fingerprint density at radius 2 is 2.06 bits per heavy atom. The van der Waals surface area contributed by atoms with Crippen LogP contribution in [0.5, 0.6) is 5.88 Å². The van der Waals surface area contributed by atoms with Gasteiger partial charge >= 0.3 is 0 Å². The van der Waals surface area contributed by atoms with Gasteiger partial charge in [-0.15, -0.1) is 0 Å². The van der Waals surface area contributed by atoms with Gasteiger partial charge in [-0.2, -0.15) is 0 Å². The van der Waals surface area contributed by atoms with Crippen LogP contribution in [0.2, 0.25) is 0 Å². The summed E-state index contributed by atoms with van der Waals surface area (Å²) >= 11 is 0. The zero-order valence-corrected chi connectivity index (χ0v) is 11.4. The lowest BCUT2D eigenvalue weighted by molar-refractivity contribution is 0.147. The van der Waals surface area contributed by atoms with E-state index in [0.29, 0.717) is 6.10 Å². The minimum atomic E-state index is 0.339. The van der Waals surface area contributed by atoms with Crippen LogP contribution in [-0.4, -0.2) is 22.6 Å². The summed E-state index contributed by atoms with van der Waals surface area (Å²) in [5, 5.41) is 3.31. The van der Waals surface area contributed by atoms with Gasteiger partial charge in [0, 0.05) is 6.54 Å². The summed E-state index contributed by atoms with van der Waals surface area (Å²) in [6.07, 6.45) is 9.21. The first kappa shape index (κ1) is 13.1. The van der Waals surface area contributed by atoms with E-state index in [1.54, 1.807) is 6.33 Å². The molecule has 0 unspecified atom stereocenters. The second-order valence-electron chi connectivity index (χ2n) is 4.96. The van der Waals surface area contributed by atoms with E-state index in [9.17, 15) is 0 Å². The summed E-state index contributed by atoms with van der Waals surface area (Å²) in [6, 6.07) is 0. The lowest BCUT2D eigenvalue weighted by Gasteiger charge is -2.23. The Labute approximate surface area is 109 Å². The monoisotopic (exact) mass is 249 g/mol. The number of anilines is 1. The first-order valence-electron chi connectivity index (χ1n) is 7.03. The maximum Gasteiger partial charge on any atom is 0.221 e. The van der Waals surface area contributed by atoms with Crippen molar-refractivity contribution in [3.8, 4) is 5.88 Å². The summed E-state index contributed by atoms with van der Waals surface area (Å²) in [6.45, 7) is 5.10. The molecule has 1 aliphatic rings. The number of rotatable bonds is 5. The SMILES string of the molecule is CCCNc1ncnc(OC2CCCCC2)c1C. The molecule has 4 nitrogen and oxygen atoms in total. The highest BCUT2D eigenvalue weighted by Gasteiger charge is 2.17. The van der Waals surface area contributed by atoms with Crippen molar-refractivity contribution in [2.75, 3.05) is 11.9 Å². The summed E-state index contributed by atoms with van der Waals surface area (Å²) in [4.78, 5) is 8.54. The predicted octanol–water partition coefficient (Wildman–Crippen LogP) is 3.32. The van der Waals surface area contributed by atoms with Gasteiger partial charge < -0.3 is 10.1 Å². The van der Waals surface area contributed by atoms with Gasteiger partial charge in [0.2, 0.25) is 5.88 Å². The van der Waals surface area contributed by atoms with E-state index in [4.69, 9.17) is 4.74 Å². The van der Waals surface area contributed by atoms with E-state index < -0.39 is 0 Å². The molecule has 0 radical (unpaired) electrons. The van der Waals surface area contributed by atoms with Gasteiger partial charge in [-0.05, 0) is 39.0 Å². The third-order valence-corrected chi connectivity index (χ3v) is 3.41. The van der Waals surface area contributed by atoms with Crippen molar-refractivity contribution >= 4 is 5.82 Å². The van der Waals surface area contributed by atoms with E-state index in [-0.39, 0.29) is 0 Å². The maximum absolute atomic E-state index is 6.02. The van der Waals surface area contributed by atoms with Gasteiger partial charge in [0.15, 0.2) is 0 Å². The van der Waals surface area contributed by atoms with Gasteiger partial charge in [-0.25, -0.2) is 9.97 Å². The molecule has 4 heteroatoms. The number of hydrogen-bond acceptors (Lipinski definition) is 4. The highest BCUT2D eigenvalue weighted by atomic mass is 16.5. The fourth-order valence-electron chi connectivity index (χ4n) is 2.32. The summed E-state index contributed by atoms with van der Waals surface area (Å²) < 4.78 is 6.02. The number of ether oxygens (including phenoxy) is 1. The fourth-order valence-corrected chi connectivity index (χ4v) is 2.32. The van der Waals surface area contributed by atoms with E-state index in [1.165, 1.54) is 19.3 Å². The van der Waals surface area contributed by atoms with Gasteiger partial charge in [-0.3, -0.25) is 0 Å². The summed E-state index contributed by atoms with van der Waals surface area (Å²) in [5.41, 5.74) is 1.02. The standard InChI is InChI=1S/C14H23N3O/c1-3-9-15-13-11(2)14(17-10-16-13)18-12-7-5-4-6-8-12/h10,12H,3-9H2,1-2H3,(H,15,16,17). The molecule has 1 fully saturated rings. The first-order chi connectivity index (χ1) is 8.81. The van der Waals surface area contributed by atoms with Gasteiger partial charge in [-0.1, -0.05) is 13.3 Å². The Morgan fingerprint density at radius 1 is 1.28 bits per heavy atom. The number of aromatic nitrogens is 2. The smallest absolute Gasteiger partial charge is 0.221 e. The van der Waals surface area contributed by atoms with Crippen molar-refractivity contribution in [1.82, 2.24) is 9.97 Å². The largest absolute Gasteiger partial charge is 0.474 e. The highest BCUT2D eigenvalue weighted by Crippen LogP contribution is 2.26. The molecule has 0 aliphatic heterocycles. The zero-order valence-electron chi connectivity index (χ0n) is 11.4. The third-order valence-electron chi connectivity index (χ3n) is 3.41. The number of nitrogens with zero attached hydrogens (tertiary/aromatic N) is 2. The topological polar surface area (TPSA) is 47.0 Å². The van der Waals surface area contributed by atoms with Crippen LogP contribution < -0.4 is 10.1 Å². The van der Waals surface area contributed by atoms with Crippen LogP contribution in [0.1, 0.15) is 51.0 Å². The molecule has 2 rings (SSSR count). The summed E-state index contributed by atoms with van der Waals surface area (Å²) in [5.74, 6) is 1.65. The van der Waals surface area contributed by atoms with Crippen LogP contribution in [0.4, 0.5) is 5.82 Å². The van der Waals surface area contributed by atoms with Crippen LogP contribution in [0.3, 0.4) is 0 Å². The molecule has 0 saturated heterocycles. The van der Waals surface area contributed by atoms with Gasteiger partial charge in [0.25, 0.3) is 0 Å². The minimum absolute atomic E-state index is 0.339. The van der Waals surface area contributed by atoms with Crippen molar-refractivity contribution in [3.05, 3.63) is 11.9 Å². The Morgan fingerprint density at radius 3 is 2.78 bits per heavy atom. The van der Waals surface area contributed by atoms with E-state index in [2.05, 4.69) is 22.2 Å². The fraction of sp³-hybridized carbons (Fsp3) is 0.714. The van der Waals surface area contributed by atoms with Crippen molar-refractivity contribution in [1.29, 1.82) is 0 Å².